The number of allylic oxidation sites excluding steroid dienone is 2. The number of nitriles is 1. The summed E-state index contributed by atoms with van der Waals surface area (Å²) in [4.78, 5) is 9.59. The van der Waals surface area contributed by atoms with Crippen molar-refractivity contribution in [1.29, 1.82) is 5.26 Å². The molecule has 7 heteroatoms. The Kier molecular flexibility index (Phi) is 5.38. The van der Waals surface area contributed by atoms with Gasteiger partial charge in [-0.15, -0.1) is 0 Å². The minimum Gasteiger partial charge on any atom is -0.265 e. The normalized spacial score (nSPS) is 14.5. The molecule has 0 N–H and O–H groups in total. The molecule has 0 saturated carbocycles. The van der Waals surface area contributed by atoms with Gasteiger partial charge >= 0.3 is 6.18 Å². The summed E-state index contributed by atoms with van der Waals surface area (Å²) in [5.74, 6) is -1.09. The van der Waals surface area contributed by atoms with Gasteiger partial charge in [0.1, 0.15) is 0 Å². The first-order valence-corrected chi connectivity index (χ1v) is 4.63. The quantitative estimate of drug-likeness (QED) is 0.427. The van der Waals surface area contributed by atoms with Gasteiger partial charge in [0.15, 0.2) is 0 Å². The van der Waals surface area contributed by atoms with Crippen molar-refractivity contribution in [2.45, 2.75) is 19.5 Å². The van der Waals surface area contributed by atoms with Crippen LogP contribution in [-0.2, 0) is 0 Å². The highest BCUT2D eigenvalue weighted by Gasteiger charge is 2.34. The first-order valence-electron chi connectivity index (χ1n) is 4.63. The van der Waals surface area contributed by atoms with Crippen LogP contribution in [-0.4, -0.2) is 17.6 Å². The Labute approximate surface area is 96.2 Å². The Hall–Kier alpha value is -1.84. The molecule has 0 radical (unpaired) electrons. The van der Waals surface area contributed by atoms with Gasteiger partial charge in [-0.25, -0.2) is 0 Å². The average Bonchev–Trinajstić information content (AvgIpc) is 2.16. The van der Waals surface area contributed by atoms with Crippen molar-refractivity contribution in [1.82, 2.24) is 0 Å². The van der Waals surface area contributed by atoms with Gasteiger partial charge in [-0.2, -0.15) is 18.4 Å². The van der Waals surface area contributed by atoms with Crippen LogP contribution in [0.3, 0.4) is 0 Å². The predicted octanol–water partition coefficient (Wildman–Crippen LogP) is 2.86. The molecule has 0 heterocycles. The van der Waals surface area contributed by atoms with E-state index in [1.807, 2.05) is 0 Å². The van der Waals surface area contributed by atoms with E-state index in [-0.39, 0.29) is 12.0 Å². The molecule has 0 aliphatic rings. The highest BCUT2D eigenvalue weighted by molar-refractivity contribution is 5.29. The molecule has 0 amide bonds. The zero-order valence-corrected chi connectivity index (χ0v) is 9.12. The Morgan fingerprint density at radius 1 is 1.65 bits per heavy atom. The lowest BCUT2D eigenvalue weighted by Gasteiger charge is -2.16. The predicted molar refractivity (Wildman–Crippen MR) is 54.5 cm³/mol. The highest BCUT2D eigenvalue weighted by atomic mass is 19.4. The van der Waals surface area contributed by atoms with Gasteiger partial charge in [0.25, 0.3) is 0 Å². The van der Waals surface area contributed by atoms with Gasteiger partial charge in [-0.05, 0) is 12.5 Å². The van der Waals surface area contributed by atoms with Gasteiger partial charge in [-0.3, -0.25) is 10.1 Å². The molecule has 0 aliphatic heterocycles. The van der Waals surface area contributed by atoms with Crippen molar-refractivity contribution in [2.75, 3.05) is 6.54 Å². The Bertz CT molecular complexity index is 380. The fraction of sp³-hybridized carbons (Fsp3) is 0.500. The van der Waals surface area contributed by atoms with Crippen LogP contribution in [0.2, 0.25) is 0 Å². The van der Waals surface area contributed by atoms with E-state index >= 15 is 0 Å². The molecule has 94 valence electrons. The second kappa shape index (κ2) is 6.03. The molecule has 0 saturated heterocycles. The van der Waals surface area contributed by atoms with Crippen molar-refractivity contribution >= 4 is 0 Å². The zero-order valence-electron chi connectivity index (χ0n) is 9.12. The van der Waals surface area contributed by atoms with Crippen molar-refractivity contribution in [2.24, 2.45) is 5.92 Å². The summed E-state index contributed by atoms with van der Waals surface area (Å²) in [7, 11) is 0. The second-order valence-corrected chi connectivity index (χ2v) is 3.36. The van der Waals surface area contributed by atoms with E-state index < -0.39 is 29.1 Å². The van der Waals surface area contributed by atoms with Crippen molar-refractivity contribution < 1.29 is 18.1 Å². The van der Waals surface area contributed by atoms with Gasteiger partial charge in [0.2, 0.25) is 6.54 Å². The Morgan fingerprint density at radius 2 is 2.18 bits per heavy atom. The molecule has 0 aliphatic carbocycles. The maximum atomic E-state index is 12.5. The summed E-state index contributed by atoms with van der Waals surface area (Å²) >= 11 is 0. The monoisotopic (exact) mass is 248 g/mol. The highest BCUT2D eigenvalue weighted by Crippen LogP contribution is 2.32. The molecule has 1 atom stereocenters. The molecule has 0 aromatic heterocycles. The van der Waals surface area contributed by atoms with Gasteiger partial charge < -0.3 is 0 Å². The average molecular weight is 248 g/mol. The molecule has 0 aromatic rings. The zero-order chi connectivity index (χ0) is 13.6. The Morgan fingerprint density at radius 3 is 2.47 bits per heavy atom. The summed E-state index contributed by atoms with van der Waals surface area (Å²) in [5, 5.41) is 18.8. The molecular weight excluding hydrogens is 237 g/mol. The minimum absolute atomic E-state index is 0.296. The lowest BCUT2D eigenvalue weighted by molar-refractivity contribution is -0.486. The fourth-order valence-electron chi connectivity index (χ4n) is 1.35. The molecule has 0 rings (SSSR count). The minimum atomic E-state index is -4.58. The number of hydrogen-bond acceptors (Lipinski definition) is 3. The van der Waals surface area contributed by atoms with Crippen LogP contribution in [0.4, 0.5) is 13.2 Å². The van der Waals surface area contributed by atoms with Crippen LogP contribution in [0, 0.1) is 27.4 Å². The lowest BCUT2D eigenvalue weighted by atomic mass is 9.92. The van der Waals surface area contributed by atoms with E-state index in [0.717, 1.165) is 13.0 Å². The summed E-state index contributed by atoms with van der Waals surface area (Å²) in [5.41, 5.74) is -1.25. The van der Waals surface area contributed by atoms with Crippen LogP contribution in [0.25, 0.3) is 0 Å². The third-order valence-corrected chi connectivity index (χ3v) is 2.23. The molecule has 17 heavy (non-hydrogen) atoms. The number of nitro groups is 1. The second-order valence-electron chi connectivity index (χ2n) is 3.36. The third kappa shape index (κ3) is 4.68. The standard InChI is InChI=1S/C10H11F3N2O2/c1-3-9(7(2)10(11,12)13)8(4-5-14)6-15(16)17/h3,8H,1,4,6H2,2H3/b9-7-. The van der Waals surface area contributed by atoms with Crippen LogP contribution >= 0.6 is 0 Å². The number of alkyl halides is 3. The summed E-state index contributed by atoms with van der Waals surface area (Å²) in [6.07, 6.45) is -4.00. The van der Waals surface area contributed by atoms with Crippen molar-refractivity contribution in [3.05, 3.63) is 33.9 Å². The van der Waals surface area contributed by atoms with Crippen LogP contribution in [0.15, 0.2) is 23.8 Å². The first-order chi connectivity index (χ1) is 7.73. The molecular formula is C10H11F3N2O2. The largest absolute Gasteiger partial charge is 0.412 e. The molecule has 1 unspecified atom stereocenters. The summed E-state index contributed by atoms with van der Waals surface area (Å²) < 4.78 is 37.4. The van der Waals surface area contributed by atoms with E-state index in [9.17, 15) is 23.3 Å². The number of hydrogen-bond donors (Lipinski definition) is 0. The molecule has 0 spiro atoms. The summed E-state index contributed by atoms with van der Waals surface area (Å²) in [6.45, 7) is 3.32. The maximum Gasteiger partial charge on any atom is 0.412 e. The molecule has 0 fully saturated rings. The van der Waals surface area contributed by atoms with Crippen molar-refractivity contribution in [3.8, 4) is 6.07 Å². The molecule has 0 aromatic carbocycles. The number of halogens is 3. The third-order valence-electron chi connectivity index (χ3n) is 2.23. The van der Waals surface area contributed by atoms with Gasteiger partial charge in [-0.1, -0.05) is 12.7 Å². The molecule has 0 bridgehead atoms. The smallest absolute Gasteiger partial charge is 0.265 e. The van der Waals surface area contributed by atoms with E-state index in [1.54, 1.807) is 6.07 Å². The molecule has 4 nitrogen and oxygen atoms in total. The van der Waals surface area contributed by atoms with E-state index in [1.165, 1.54) is 0 Å². The van der Waals surface area contributed by atoms with Crippen LogP contribution in [0.5, 0.6) is 0 Å². The van der Waals surface area contributed by atoms with Crippen LogP contribution in [0.1, 0.15) is 13.3 Å². The van der Waals surface area contributed by atoms with Crippen molar-refractivity contribution in [3.63, 3.8) is 0 Å². The lowest BCUT2D eigenvalue weighted by Crippen LogP contribution is -2.20. The van der Waals surface area contributed by atoms with E-state index in [4.69, 9.17) is 5.26 Å². The van der Waals surface area contributed by atoms with Crippen LogP contribution < -0.4 is 0 Å². The first kappa shape index (κ1) is 15.2. The Balaban J connectivity index is 5.38. The number of rotatable bonds is 5. The topological polar surface area (TPSA) is 66.9 Å². The van der Waals surface area contributed by atoms with Gasteiger partial charge in [0.05, 0.1) is 12.0 Å². The summed E-state index contributed by atoms with van der Waals surface area (Å²) in [6, 6.07) is 1.64. The fourth-order valence-corrected chi connectivity index (χ4v) is 1.35. The van der Waals surface area contributed by atoms with Gasteiger partial charge in [0, 0.05) is 16.9 Å². The number of nitrogens with zero attached hydrogens (tertiary/aromatic N) is 2. The van der Waals surface area contributed by atoms with E-state index in [0.29, 0.717) is 0 Å². The maximum absolute atomic E-state index is 12.5. The SMILES string of the molecule is C=C/C(=C(\C)C(F)(F)F)C(CC#N)C[N+](=O)[O-]. The van der Waals surface area contributed by atoms with E-state index in [2.05, 4.69) is 6.58 Å².